The standard InChI is InChI=1S/C23H26N8O3S/c24-13-17-11-23(12-17,16-25)31-15-18(14-27-31)21-5-6-26-22(29-21)28-19-1-3-20(4-2-19)35(32,33)30-7-9-34-10-8-30/h1-6,14-15,17H,7-12,16,25H2,(H,26,28,29). The van der Waals surface area contributed by atoms with Crippen LogP contribution in [0.25, 0.3) is 11.3 Å². The maximum atomic E-state index is 12.8. The van der Waals surface area contributed by atoms with Gasteiger partial charge in [0.15, 0.2) is 0 Å². The van der Waals surface area contributed by atoms with Crippen LogP contribution in [-0.2, 0) is 20.3 Å². The van der Waals surface area contributed by atoms with Crippen LogP contribution in [0.4, 0.5) is 11.6 Å². The molecule has 1 saturated carbocycles. The van der Waals surface area contributed by atoms with Crippen molar-refractivity contribution in [2.45, 2.75) is 23.3 Å². The summed E-state index contributed by atoms with van der Waals surface area (Å²) >= 11 is 0. The minimum absolute atomic E-state index is 0.0105. The van der Waals surface area contributed by atoms with Gasteiger partial charge in [-0.15, -0.1) is 0 Å². The van der Waals surface area contributed by atoms with Gasteiger partial charge in [0.25, 0.3) is 0 Å². The fraction of sp³-hybridized carbons (Fsp3) is 0.391. The maximum absolute atomic E-state index is 12.8. The minimum Gasteiger partial charge on any atom is -0.379 e. The van der Waals surface area contributed by atoms with Crippen molar-refractivity contribution in [2.75, 3.05) is 38.2 Å². The molecule has 1 saturated heterocycles. The molecule has 1 aliphatic heterocycles. The number of rotatable bonds is 7. The Morgan fingerprint density at radius 1 is 1.20 bits per heavy atom. The molecule has 0 bridgehead atoms. The lowest BCUT2D eigenvalue weighted by Crippen LogP contribution is -2.51. The van der Waals surface area contributed by atoms with Crippen molar-refractivity contribution in [1.29, 1.82) is 5.26 Å². The number of nitrogens with zero attached hydrogens (tertiary/aromatic N) is 6. The third-order valence-corrected chi connectivity index (χ3v) is 8.47. The van der Waals surface area contributed by atoms with Gasteiger partial charge in [0.05, 0.1) is 47.5 Å². The monoisotopic (exact) mass is 494 g/mol. The van der Waals surface area contributed by atoms with Gasteiger partial charge in [-0.1, -0.05) is 0 Å². The molecule has 2 aliphatic rings. The first-order chi connectivity index (χ1) is 16.9. The molecule has 0 unspecified atom stereocenters. The quantitative estimate of drug-likeness (QED) is 0.500. The lowest BCUT2D eigenvalue weighted by Gasteiger charge is -2.44. The Kier molecular flexibility index (Phi) is 6.24. The van der Waals surface area contributed by atoms with Gasteiger partial charge in [-0.25, -0.2) is 18.4 Å². The summed E-state index contributed by atoms with van der Waals surface area (Å²) in [7, 11) is -3.55. The maximum Gasteiger partial charge on any atom is 0.243 e. The summed E-state index contributed by atoms with van der Waals surface area (Å²) < 4.78 is 34.1. The largest absolute Gasteiger partial charge is 0.379 e. The van der Waals surface area contributed by atoms with Crippen LogP contribution in [0.2, 0.25) is 0 Å². The van der Waals surface area contributed by atoms with E-state index >= 15 is 0 Å². The molecule has 2 fully saturated rings. The number of anilines is 2. The Bertz CT molecular complexity index is 1340. The molecule has 12 heteroatoms. The van der Waals surface area contributed by atoms with Crippen molar-refractivity contribution in [3.8, 4) is 17.3 Å². The van der Waals surface area contributed by atoms with E-state index in [1.165, 1.54) is 4.31 Å². The number of nitriles is 1. The highest BCUT2D eigenvalue weighted by Gasteiger charge is 2.45. The molecule has 5 rings (SSSR count). The molecule has 182 valence electrons. The molecule has 3 heterocycles. The summed E-state index contributed by atoms with van der Waals surface area (Å²) in [6.45, 7) is 1.92. The number of nitrogens with two attached hydrogens (primary N) is 1. The SMILES string of the molecule is N#CC1CC(CN)(n2cc(-c3ccnc(Nc4ccc(S(=O)(=O)N5CCOCC5)cc4)n3)cn2)C1. The summed E-state index contributed by atoms with van der Waals surface area (Å²) in [6.07, 6.45) is 6.66. The number of nitrogens with one attached hydrogen (secondary N) is 1. The van der Waals surface area contributed by atoms with Crippen LogP contribution >= 0.6 is 0 Å². The number of hydrogen-bond donors (Lipinski definition) is 2. The van der Waals surface area contributed by atoms with Gasteiger partial charge in [0.2, 0.25) is 16.0 Å². The zero-order chi connectivity index (χ0) is 24.5. The third-order valence-electron chi connectivity index (χ3n) is 6.55. The Morgan fingerprint density at radius 2 is 1.94 bits per heavy atom. The van der Waals surface area contributed by atoms with E-state index in [1.807, 2.05) is 10.9 Å². The van der Waals surface area contributed by atoms with Crippen molar-refractivity contribution < 1.29 is 13.2 Å². The number of hydrogen-bond acceptors (Lipinski definition) is 9. The van der Waals surface area contributed by atoms with Crippen molar-refractivity contribution in [1.82, 2.24) is 24.1 Å². The average molecular weight is 495 g/mol. The lowest BCUT2D eigenvalue weighted by molar-refractivity contribution is 0.0730. The molecule has 35 heavy (non-hydrogen) atoms. The van der Waals surface area contributed by atoms with Crippen LogP contribution < -0.4 is 11.1 Å². The minimum atomic E-state index is -3.55. The Balaban J connectivity index is 1.30. The summed E-state index contributed by atoms with van der Waals surface area (Å²) in [5.41, 5.74) is 7.84. The van der Waals surface area contributed by atoms with Crippen molar-refractivity contribution in [3.05, 3.63) is 48.9 Å². The molecule has 1 aliphatic carbocycles. The van der Waals surface area contributed by atoms with Crippen LogP contribution in [-0.4, -0.2) is 65.3 Å². The predicted molar refractivity (Wildman–Crippen MR) is 128 cm³/mol. The van der Waals surface area contributed by atoms with Crippen LogP contribution in [0.5, 0.6) is 0 Å². The second kappa shape index (κ2) is 9.35. The fourth-order valence-electron chi connectivity index (χ4n) is 4.47. The van der Waals surface area contributed by atoms with Crippen molar-refractivity contribution in [3.63, 3.8) is 0 Å². The molecule has 0 spiro atoms. The fourth-order valence-corrected chi connectivity index (χ4v) is 5.87. The van der Waals surface area contributed by atoms with Gasteiger partial charge in [0.1, 0.15) is 0 Å². The lowest BCUT2D eigenvalue weighted by atomic mass is 9.69. The molecule has 11 nitrogen and oxygen atoms in total. The molecular formula is C23H26N8O3S. The van der Waals surface area contributed by atoms with E-state index in [-0.39, 0.29) is 16.4 Å². The van der Waals surface area contributed by atoms with Gasteiger partial charge in [-0.3, -0.25) is 4.68 Å². The molecule has 0 amide bonds. The van der Waals surface area contributed by atoms with Crippen LogP contribution in [0.15, 0.2) is 53.8 Å². The summed E-state index contributed by atoms with van der Waals surface area (Å²) in [4.78, 5) is 9.09. The van der Waals surface area contributed by atoms with Gasteiger partial charge in [-0.05, 0) is 43.2 Å². The van der Waals surface area contributed by atoms with E-state index in [4.69, 9.17) is 15.7 Å². The van der Waals surface area contributed by atoms with Crippen LogP contribution in [0.3, 0.4) is 0 Å². The Hall–Kier alpha value is -3.37. The number of sulfonamides is 1. The third kappa shape index (κ3) is 4.51. The van der Waals surface area contributed by atoms with E-state index in [1.54, 1.807) is 42.7 Å². The van der Waals surface area contributed by atoms with Crippen molar-refractivity contribution in [2.24, 2.45) is 11.7 Å². The van der Waals surface area contributed by atoms with E-state index < -0.39 is 10.0 Å². The number of aromatic nitrogens is 4. The van der Waals surface area contributed by atoms with Crippen LogP contribution in [0.1, 0.15) is 12.8 Å². The van der Waals surface area contributed by atoms with E-state index in [2.05, 4.69) is 26.5 Å². The average Bonchev–Trinajstić information content (AvgIpc) is 3.36. The Morgan fingerprint density at radius 3 is 2.63 bits per heavy atom. The van der Waals surface area contributed by atoms with E-state index in [0.29, 0.717) is 63.0 Å². The second-order valence-electron chi connectivity index (χ2n) is 8.77. The first-order valence-corrected chi connectivity index (χ1v) is 12.8. The zero-order valence-corrected chi connectivity index (χ0v) is 19.9. The first kappa shape index (κ1) is 23.4. The zero-order valence-electron chi connectivity index (χ0n) is 19.0. The molecule has 3 N–H and O–H groups in total. The van der Waals surface area contributed by atoms with Gasteiger partial charge in [0, 0.05) is 43.3 Å². The number of benzene rings is 1. The summed E-state index contributed by atoms with van der Waals surface area (Å²) in [5, 5.41) is 16.7. The van der Waals surface area contributed by atoms with Gasteiger partial charge < -0.3 is 15.8 Å². The highest BCUT2D eigenvalue weighted by Crippen LogP contribution is 2.43. The molecule has 0 atom stereocenters. The van der Waals surface area contributed by atoms with Crippen LogP contribution in [0, 0.1) is 17.2 Å². The summed E-state index contributed by atoms with van der Waals surface area (Å²) in [5.74, 6) is 0.386. The van der Waals surface area contributed by atoms with E-state index in [9.17, 15) is 8.42 Å². The predicted octanol–water partition coefficient (Wildman–Crippen LogP) is 1.69. The molecule has 3 aromatic rings. The number of morpholine rings is 1. The molecule has 2 aromatic heterocycles. The molecular weight excluding hydrogens is 468 g/mol. The molecule has 1 aromatic carbocycles. The topological polar surface area (TPSA) is 152 Å². The second-order valence-corrected chi connectivity index (χ2v) is 10.7. The highest BCUT2D eigenvalue weighted by molar-refractivity contribution is 7.89. The summed E-state index contributed by atoms with van der Waals surface area (Å²) in [6, 6.07) is 10.6. The number of ether oxygens (including phenoxy) is 1. The highest BCUT2D eigenvalue weighted by atomic mass is 32.2. The smallest absolute Gasteiger partial charge is 0.243 e. The normalized spacial score (nSPS) is 22.8. The van der Waals surface area contributed by atoms with Gasteiger partial charge in [-0.2, -0.15) is 14.7 Å². The van der Waals surface area contributed by atoms with Gasteiger partial charge >= 0.3 is 0 Å². The molecule has 0 radical (unpaired) electrons. The van der Waals surface area contributed by atoms with E-state index in [0.717, 1.165) is 5.56 Å². The Labute approximate surface area is 203 Å². The van der Waals surface area contributed by atoms with Crippen molar-refractivity contribution >= 4 is 21.7 Å². The first-order valence-electron chi connectivity index (χ1n) is 11.4.